The van der Waals surface area contributed by atoms with Crippen molar-refractivity contribution in [2.45, 2.75) is 45.2 Å². The maximum absolute atomic E-state index is 11.3. The van der Waals surface area contributed by atoms with Gasteiger partial charge in [0.2, 0.25) is 5.91 Å². The summed E-state index contributed by atoms with van der Waals surface area (Å²) in [5, 5.41) is 2.90. The molecule has 0 aromatic rings. The molecule has 0 aliphatic heterocycles. The van der Waals surface area contributed by atoms with Crippen molar-refractivity contribution >= 4 is 5.91 Å². The molecule has 1 rings (SSSR count). The number of hydrogen-bond acceptors (Lipinski definition) is 2. The van der Waals surface area contributed by atoms with Gasteiger partial charge in [0.15, 0.2) is 0 Å². The Morgan fingerprint density at radius 3 is 2.58 bits per heavy atom. The van der Waals surface area contributed by atoms with E-state index in [9.17, 15) is 4.79 Å². The number of amides is 1. The highest BCUT2D eigenvalue weighted by atomic mass is 16.2. The van der Waals surface area contributed by atoms with Crippen LogP contribution in [-0.2, 0) is 4.79 Å². The highest BCUT2D eigenvalue weighted by Gasteiger charge is 2.25. The zero-order valence-corrected chi connectivity index (χ0v) is 7.84. The van der Waals surface area contributed by atoms with Gasteiger partial charge in [-0.25, -0.2) is 0 Å². The molecule has 1 atom stereocenters. The fourth-order valence-electron chi connectivity index (χ4n) is 1.15. The first-order valence-corrected chi connectivity index (χ1v) is 4.65. The molecule has 0 unspecified atom stereocenters. The lowest BCUT2D eigenvalue weighted by Crippen LogP contribution is -2.42. The van der Waals surface area contributed by atoms with Gasteiger partial charge in [-0.3, -0.25) is 4.79 Å². The first-order chi connectivity index (χ1) is 5.59. The summed E-state index contributed by atoms with van der Waals surface area (Å²) < 4.78 is 0. The summed E-state index contributed by atoms with van der Waals surface area (Å²) in [5.41, 5.74) is 5.68. The summed E-state index contributed by atoms with van der Waals surface area (Å²) in [6.07, 6.45) is 3.03. The molecule has 3 heteroatoms. The van der Waals surface area contributed by atoms with Crippen LogP contribution in [0.25, 0.3) is 0 Å². The van der Waals surface area contributed by atoms with E-state index in [0.29, 0.717) is 12.0 Å². The van der Waals surface area contributed by atoms with Crippen LogP contribution in [0.15, 0.2) is 0 Å². The summed E-state index contributed by atoms with van der Waals surface area (Å²) in [4.78, 5) is 11.3. The number of carbonyl (C=O) groups is 1. The van der Waals surface area contributed by atoms with Crippen molar-refractivity contribution in [1.29, 1.82) is 0 Å². The van der Waals surface area contributed by atoms with Crippen molar-refractivity contribution in [2.75, 3.05) is 0 Å². The van der Waals surface area contributed by atoms with Gasteiger partial charge in [0.1, 0.15) is 0 Å². The fraction of sp³-hybridized carbons (Fsp3) is 0.889. The predicted octanol–water partition coefficient (Wildman–Crippen LogP) is 0.638. The van der Waals surface area contributed by atoms with Crippen LogP contribution in [-0.4, -0.2) is 18.0 Å². The van der Waals surface area contributed by atoms with Gasteiger partial charge in [0.05, 0.1) is 6.04 Å². The van der Waals surface area contributed by atoms with Crippen LogP contribution >= 0.6 is 0 Å². The molecule has 3 nitrogen and oxygen atoms in total. The molecular weight excluding hydrogens is 152 g/mol. The smallest absolute Gasteiger partial charge is 0.237 e. The molecular formula is C9H18N2O. The Bertz CT molecular complexity index is 164. The zero-order valence-electron chi connectivity index (χ0n) is 7.84. The number of carbonyl (C=O) groups excluding carboxylic acids is 1. The van der Waals surface area contributed by atoms with E-state index in [1.807, 2.05) is 0 Å². The lowest BCUT2D eigenvalue weighted by atomic mass is 10.0. The minimum atomic E-state index is -0.314. The molecule has 12 heavy (non-hydrogen) atoms. The molecule has 0 spiro atoms. The molecule has 1 saturated carbocycles. The normalized spacial score (nSPS) is 19.3. The minimum absolute atomic E-state index is 0.0196. The van der Waals surface area contributed by atoms with Gasteiger partial charge in [0.25, 0.3) is 0 Å². The molecule has 1 aliphatic carbocycles. The topological polar surface area (TPSA) is 55.1 Å². The average molecular weight is 170 g/mol. The summed E-state index contributed by atoms with van der Waals surface area (Å²) in [6.45, 7) is 4.15. The molecule has 0 heterocycles. The van der Waals surface area contributed by atoms with Crippen LogP contribution < -0.4 is 11.1 Å². The molecule has 3 N–H and O–H groups in total. The van der Waals surface area contributed by atoms with E-state index in [1.165, 1.54) is 0 Å². The second kappa shape index (κ2) is 3.90. The predicted molar refractivity (Wildman–Crippen MR) is 48.6 cm³/mol. The van der Waals surface area contributed by atoms with Gasteiger partial charge >= 0.3 is 0 Å². The fourth-order valence-corrected chi connectivity index (χ4v) is 1.15. The molecule has 1 amide bonds. The standard InChI is InChI=1S/C9H18N2O/c1-6(2)5-8(10)9(12)11-7-3-4-7/h6-8H,3-5,10H2,1-2H3,(H,11,12)/t8-/m0/s1. The quantitative estimate of drug-likeness (QED) is 0.650. The Hall–Kier alpha value is -0.570. The monoisotopic (exact) mass is 170 g/mol. The van der Waals surface area contributed by atoms with Crippen LogP contribution in [0.3, 0.4) is 0 Å². The number of nitrogens with two attached hydrogens (primary N) is 1. The van der Waals surface area contributed by atoms with Crippen molar-refractivity contribution in [3.8, 4) is 0 Å². The number of rotatable bonds is 4. The van der Waals surface area contributed by atoms with Gasteiger partial charge in [-0.2, -0.15) is 0 Å². The summed E-state index contributed by atoms with van der Waals surface area (Å²) >= 11 is 0. The van der Waals surface area contributed by atoms with Crippen LogP contribution in [0.1, 0.15) is 33.1 Å². The average Bonchev–Trinajstić information content (AvgIpc) is 2.70. The third-order valence-corrected chi connectivity index (χ3v) is 1.99. The highest BCUT2D eigenvalue weighted by Crippen LogP contribution is 2.18. The van der Waals surface area contributed by atoms with E-state index < -0.39 is 0 Å². The highest BCUT2D eigenvalue weighted by molar-refractivity contribution is 5.81. The maximum atomic E-state index is 11.3. The Balaban J connectivity index is 2.19. The van der Waals surface area contributed by atoms with E-state index in [-0.39, 0.29) is 11.9 Å². The van der Waals surface area contributed by atoms with E-state index in [0.717, 1.165) is 19.3 Å². The van der Waals surface area contributed by atoms with E-state index in [2.05, 4.69) is 19.2 Å². The van der Waals surface area contributed by atoms with Gasteiger partial charge in [0, 0.05) is 6.04 Å². The Labute approximate surface area is 73.7 Å². The second-order valence-electron chi connectivity index (χ2n) is 4.02. The third-order valence-electron chi connectivity index (χ3n) is 1.99. The third kappa shape index (κ3) is 3.22. The Morgan fingerprint density at radius 2 is 2.17 bits per heavy atom. The summed E-state index contributed by atoms with van der Waals surface area (Å²) in [6, 6.07) is 0.112. The van der Waals surface area contributed by atoms with E-state index in [4.69, 9.17) is 5.73 Å². The zero-order chi connectivity index (χ0) is 9.14. The number of hydrogen-bond donors (Lipinski definition) is 2. The summed E-state index contributed by atoms with van der Waals surface area (Å²) in [5.74, 6) is 0.510. The van der Waals surface area contributed by atoms with Crippen molar-refractivity contribution in [2.24, 2.45) is 11.7 Å². The molecule has 0 aromatic carbocycles. The van der Waals surface area contributed by atoms with Gasteiger partial charge in [-0.15, -0.1) is 0 Å². The molecule has 1 fully saturated rings. The van der Waals surface area contributed by atoms with E-state index >= 15 is 0 Å². The lowest BCUT2D eigenvalue weighted by molar-refractivity contribution is -0.122. The first-order valence-electron chi connectivity index (χ1n) is 4.65. The number of nitrogens with one attached hydrogen (secondary N) is 1. The van der Waals surface area contributed by atoms with Crippen molar-refractivity contribution in [1.82, 2.24) is 5.32 Å². The van der Waals surface area contributed by atoms with Crippen LogP contribution in [0.4, 0.5) is 0 Å². The first kappa shape index (κ1) is 9.52. The van der Waals surface area contributed by atoms with Crippen molar-refractivity contribution in [3.63, 3.8) is 0 Å². The largest absolute Gasteiger partial charge is 0.352 e. The Kier molecular flexibility index (Phi) is 3.09. The van der Waals surface area contributed by atoms with E-state index in [1.54, 1.807) is 0 Å². The minimum Gasteiger partial charge on any atom is -0.352 e. The van der Waals surface area contributed by atoms with Gasteiger partial charge in [-0.05, 0) is 25.2 Å². The molecule has 0 aromatic heterocycles. The van der Waals surface area contributed by atoms with Gasteiger partial charge in [-0.1, -0.05) is 13.8 Å². The molecule has 0 bridgehead atoms. The lowest BCUT2D eigenvalue weighted by Gasteiger charge is -2.13. The van der Waals surface area contributed by atoms with Crippen molar-refractivity contribution in [3.05, 3.63) is 0 Å². The molecule has 0 radical (unpaired) electrons. The van der Waals surface area contributed by atoms with Crippen LogP contribution in [0.5, 0.6) is 0 Å². The molecule has 70 valence electrons. The second-order valence-corrected chi connectivity index (χ2v) is 4.02. The van der Waals surface area contributed by atoms with Crippen LogP contribution in [0.2, 0.25) is 0 Å². The SMILES string of the molecule is CC(C)C[C@H](N)C(=O)NC1CC1. The maximum Gasteiger partial charge on any atom is 0.237 e. The Morgan fingerprint density at radius 1 is 1.58 bits per heavy atom. The molecule has 1 aliphatic rings. The van der Waals surface area contributed by atoms with Gasteiger partial charge < -0.3 is 11.1 Å². The van der Waals surface area contributed by atoms with Crippen LogP contribution in [0, 0.1) is 5.92 Å². The molecule has 0 saturated heterocycles. The summed E-state index contributed by atoms with van der Waals surface area (Å²) in [7, 11) is 0. The van der Waals surface area contributed by atoms with Crippen molar-refractivity contribution < 1.29 is 4.79 Å².